The Balaban J connectivity index is 1.65. The molecule has 1 fully saturated rings. The van der Waals surface area contributed by atoms with Crippen molar-refractivity contribution in [1.29, 1.82) is 0 Å². The number of aromatic nitrogens is 2. The third kappa shape index (κ3) is 5.29. The first-order chi connectivity index (χ1) is 19.4. The molecule has 0 radical (unpaired) electrons. The van der Waals surface area contributed by atoms with Gasteiger partial charge in [0.15, 0.2) is 16.6 Å². The van der Waals surface area contributed by atoms with Crippen molar-refractivity contribution >= 4 is 44.1 Å². The minimum atomic E-state index is -0.928. The summed E-state index contributed by atoms with van der Waals surface area (Å²) in [6.07, 6.45) is 6.11. The first kappa shape index (κ1) is 27.3. The lowest BCUT2D eigenvalue weighted by molar-refractivity contribution is -0.132. The predicted octanol–water partition coefficient (Wildman–Crippen LogP) is 6.59. The lowest BCUT2D eigenvalue weighted by Gasteiger charge is -2.24. The van der Waals surface area contributed by atoms with Gasteiger partial charge in [0.05, 0.1) is 35.0 Å². The number of unbranched alkanes of at least 4 members (excludes halogenated alkanes) is 2. The largest absolute Gasteiger partial charge is 0.507 e. The van der Waals surface area contributed by atoms with Gasteiger partial charge in [-0.25, -0.2) is 4.98 Å². The summed E-state index contributed by atoms with van der Waals surface area (Å²) in [4.78, 5) is 37.2. The SMILES string of the molecule is CCCCCOc1ccc(C2C(=C(O)c3ccncc3)C(=O)C(=O)N2c2nc3ccc(C)cc3s2)cc1OCC. The number of aliphatic hydroxyl groups excluding tert-OH is 1. The van der Waals surface area contributed by atoms with Crippen LogP contribution in [0, 0.1) is 6.92 Å². The number of hydrogen-bond donors (Lipinski definition) is 1. The average Bonchev–Trinajstić information content (AvgIpc) is 3.49. The molecule has 0 aliphatic carbocycles. The number of benzene rings is 2. The summed E-state index contributed by atoms with van der Waals surface area (Å²) in [5.41, 5.74) is 2.75. The molecule has 1 N–H and O–H groups in total. The van der Waals surface area contributed by atoms with E-state index in [1.54, 1.807) is 30.3 Å². The first-order valence-electron chi connectivity index (χ1n) is 13.4. The summed E-state index contributed by atoms with van der Waals surface area (Å²) >= 11 is 1.33. The zero-order valence-corrected chi connectivity index (χ0v) is 23.5. The van der Waals surface area contributed by atoms with E-state index < -0.39 is 17.7 Å². The molecule has 1 saturated heterocycles. The van der Waals surface area contributed by atoms with E-state index in [0.717, 1.165) is 35.0 Å². The average molecular weight is 558 g/mol. The second-order valence-corrected chi connectivity index (χ2v) is 10.6. The van der Waals surface area contributed by atoms with Gasteiger partial charge in [0.2, 0.25) is 0 Å². The van der Waals surface area contributed by atoms with Crippen molar-refractivity contribution < 1.29 is 24.2 Å². The van der Waals surface area contributed by atoms with Crippen LogP contribution >= 0.6 is 11.3 Å². The Morgan fingerprint density at radius 1 is 1.00 bits per heavy atom. The molecule has 9 heteroatoms. The van der Waals surface area contributed by atoms with E-state index in [9.17, 15) is 14.7 Å². The van der Waals surface area contributed by atoms with E-state index in [-0.39, 0.29) is 11.3 Å². The fourth-order valence-electron chi connectivity index (χ4n) is 4.75. The number of amides is 1. The van der Waals surface area contributed by atoms with Gasteiger partial charge in [-0.15, -0.1) is 0 Å². The van der Waals surface area contributed by atoms with E-state index in [1.165, 1.54) is 28.6 Å². The molecule has 0 spiro atoms. The number of thiazole rings is 1. The number of anilines is 1. The molecule has 4 aromatic rings. The fourth-order valence-corrected chi connectivity index (χ4v) is 5.84. The molecule has 206 valence electrons. The number of fused-ring (bicyclic) bond motifs is 1. The number of aryl methyl sites for hydroxylation is 1. The van der Waals surface area contributed by atoms with Crippen LogP contribution in [0.25, 0.3) is 16.0 Å². The Labute approximate surface area is 236 Å². The minimum Gasteiger partial charge on any atom is -0.507 e. The number of ketones is 1. The van der Waals surface area contributed by atoms with Crippen molar-refractivity contribution in [3.8, 4) is 11.5 Å². The molecule has 5 rings (SSSR count). The predicted molar refractivity (Wildman–Crippen MR) is 156 cm³/mol. The van der Waals surface area contributed by atoms with Crippen LogP contribution in [0.4, 0.5) is 5.13 Å². The maximum Gasteiger partial charge on any atom is 0.301 e. The molecule has 1 aliphatic heterocycles. The molecule has 0 saturated carbocycles. The number of hydrogen-bond acceptors (Lipinski definition) is 8. The van der Waals surface area contributed by atoms with Crippen LogP contribution in [-0.2, 0) is 9.59 Å². The Hall–Kier alpha value is -4.24. The molecule has 1 aliphatic rings. The van der Waals surface area contributed by atoms with Crippen LogP contribution in [-0.4, -0.2) is 40.0 Å². The van der Waals surface area contributed by atoms with Crippen molar-refractivity contribution in [2.24, 2.45) is 0 Å². The first-order valence-corrected chi connectivity index (χ1v) is 14.2. The third-order valence-corrected chi connectivity index (χ3v) is 7.74. The van der Waals surface area contributed by atoms with Crippen molar-refractivity contribution in [1.82, 2.24) is 9.97 Å². The minimum absolute atomic E-state index is 0.0225. The standard InChI is InChI=1S/C31H31N3O5S/c1-4-6-7-16-39-23-11-9-21(18-24(23)38-5-2)27-26(28(35)20-12-14-32-15-13-20)29(36)30(37)34(27)31-33-22-10-8-19(3)17-25(22)40-31/h8-15,17-18,27,35H,4-7,16H2,1-3H3. The van der Waals surface area contributed by atoms with Gasteiger partial charge in [-0.2, -0.15) is 0 Å². The zero-order valence-electron chi connectivity index (χ0n) is 22.7. The summed E-state index contributed by atoms with van der Waals surface area (Å²) in [6, 6.07) is 13.5. The highest BCUT2D eigenvalue weighted by atomic mass is 32.1. The van der Waals surface area contributed by atoms with Gasteiger partial charge in [0.1, 0.15) is 5.76 Å². The summed E-state index contributed by atoms with van der Waals surface area (Å²) in [5, 5.41) is 11.7. The molecule has 1 atom stereocenters. The number of aliphatic hydroxyl groups is 1. The second-order valence-electron chi connectivity index (χ2n) is 9.57. The molecule has 2 aromatic heterocycles. The van der Waals surface area contributed by atoms with Gasteiger partial charge in [0, 0.05) is 18.0 Å². The Bertz CT molecular complexity index is 1580. The number of carbonyl (C=O) groups is 2. The number of nitrogens with zero attached hydrogens (tertiary/aromatic N) is 3. The van der Waals surface area contributed by atoms with Crippen LogP contribution in [0.5, 0.6) is 11.5 Å². The number of carbonyl (C=O) groups excluding carboxylic acids is 2. The van der Waals surface area contributed by atoms with Crippen molar-refractivity contribution in [3.05, 3.63) is 83.2 Å². The van der Waals surface area contributed by atoms with E-state index in [2.05, 4.69) is 11.9 Å². The van der Waals surface area contributed by atoms with Gasteiger partial charge in [-0.3, -0.25) is 19.5 Å². The van der Waals surface area contributed by atoms with Crippen LogP contribution in [0.15, 0.2) is 66.5 Å². The summed E-state index contributed by atoms with van der Waals surface area (Å²) < 4.78 is 12.8. The normalized spacial score (nSPS) is 16.6. The fraction of sp³-hybridized carbons (Fsp3) is 0.290. The number of Topliss-reactive ketones (excluding diaryl/α,β-unsaturated/α-hetero) is 1. The molecular weight excluding hydrogens is 526 g/mol. The van der Waals surface area contributed by atoms with Crippen LogP contribution in [0.3, 0.4) is 0 Å². The number of pyridine rings is 1. The lowest BCUT2D eigenvalue weighted by Crippen LogP contribution is -2.29. The lowest BCUT2D eigenvalue weighted by atomic mass is 9.95. The maximum absolute atomic E-state index is 13.6. The zero-order chi connectivity index (χ0) is 28.2. The van der Waals surface area contributed by atoms with Gasteiger partial charge in [-0.1, -0.05) is 43.2 Å². The Kier molecular flexibility index (Phi) is 8.11. The molecule has 8 nitrogen and oxygen atoms in total. The van der Waals surface area contributed by atoms with Gasteiger partial charge in [-0.05, 0) is 67.8 Å². The van der Waals surface area contributed by atoms with Gasteiger partial charge < -0.3 is 14.6 Å². The Morgan fingerprint density at radius 3 is 2.55 bits per heavy atom. The molecule has 2 aromatic carbocycles. The monoisotopic (exact) mass is 557 g/mol. The molecule has 3 heterocycles. The van der Waals surface area contributed by atoms with Gasteiger partial charge in [0.25, 0.3) is 5.78 Å². The highest BCUT2D eigenvalue weighted by Gasteiger charge is 2.48. The van der Waals surface area contributed by atoms with Crippen LogP contribution < -0.4 is 14.4 Å². The van der Waals surface area contributed by atoms with Gasteiger partial charge >= 0.3 is 5.91 Å². The quantitative estimate of drug-likeness (QED) is 0.102. The van der Waals surface area contributed by atoms with Crippen LogP contribution in [0.2, 0.25) is 0 Å². The summed E-state index contributed by atoms with van der Waals surface area (Å²) in [5.74, 6) is -0.723. The second kappa shape index (κ2) is 11.9. The molecule has 1 unspecified atom stereocenters. The molecular formula is C31H31N3O5S. The molecule has 40 heavy (non-hydrogen) atoms. The highest BCUT2D eigenvalue weighted by molar-refractivity contribution is 7.22. The van der Waals surface area contributed by atoms with E-state index in [1.807, 2.05) is 32.0 Å². The topological polar surface area (TPSA) is 102 Å². The van der Waals surface area contributed by atoms with E-state index >= 15 is 0 Å². The van der Waals surface area contributed by atoms with E-state index in [0.29, 0.717) is 41.0 Å². The van der Waals surface area contributed by atoms with Crippen molar-refractivity contribution in [3.63, 3.8) is 0 Å². The smallest absolute Gasteiger partial charge is 0.301 e. The maximum atomic E-state index is 13.6. The van der Waals surface area contributed by atoms with E-state index in [4.69, 9.17) is 14.5 Å². The summed E-state index contributed by atoms with van der Waals surface area (Å²) in [7, 11) is 0. The molecule has 0 bridgehead atoms. The van der Waals surface area contributed by atoms with Crippen molar-refractivity contribution in [2.45, 2.75) is 46.1 Å². The summed E-state index contributed by atoms with van der Waals surface area (Å²) in [6.45, 7) is 6.96. The number of ether oxygens (including phenoxy) is 2. The third-order valence-electron chi connectivity index (χ3n) is 6.73. The van der Waals surface area contributed by atoms with Crippen LogP contribution in [0.1, 0.15) is 55.8 Å². The Morgan fingerprint density at radius 2 is 1.80 bits per heavy atom. The number of rotatable bonds is 10. The molecule has 1 amide bonds. The van der Waals surface area contributed by atoms with Crippen molar-refractivity contribution in [2.75, 3.05) is 18.1 Å². The highest BCUT2D eigenvalue weighted by Crippen LogP contribution is 2.46.